The number of nitrogens with zero attached hydrogens (tertiary/aromatic N) is 1. The molecule has 26 heavy (non-hydrogen) atoms. The van der Waals surface area contributed by atoms with Crippen LogP contribution in [0.4, 0.5) is 23.7 Å². The van der Waals surface area contributed by atoms with Crippen LogP contribution in [0.2, 0.25) is 0 Å². The normalized spacial score (nSPS) is 13.7. The van der Waals surface area contributed by atoms with E-state index < -0.39 is 24.9 Å². The van der Waals surface area contributed by atoms with Gasteiger partial charge in [0.15, 0.2) is 5.58 Å². The number of carbonyl (C=O) groups excluding carboxylic acids is 1. The van der Waals surface area contributed by atoms with Crippen molar-refractivity contribution in [2.75, 3.05) is 18.5 Å². The van der Waals surface area contributed by atoms with Gasteiger partial charge in [0, 0.05) is 11.1 Å². The number of aromatic nitrogens is 1. The molecule has 0 bridgehead atoms. The van der Waals surface area contributed by atoms with Crippen LogP contribution >= 0.6 is 0 Å². The molecule has 2 aromatic rings. The first-order valence-corrected chi connectivity index (χ1v) is 8.07. The number of benzene rings is 1. The van der Waals surface area contributed by atoms with Crippen molar-refractivity contribution >= 4 is 22.8 Å². The molecule has 0 saturated heterocycles. The van der Waals surface area contributed by atoms with Gasteiger partial charge in [0.1, 0.15) is 12.1 Å². The lowest BCUT2D eigenvalue weighted by Gasteiger charge is -2.15. The van der Waals surface area contributed by atoms with Gasteiger partial charge >= 0.3 is 12.2 Å². The molecule has 1 atom stereocenters. The lowest BCUT2D eigenvalue weighted by Crippen LogP contribution is -2.39. The first kappa shape index (κ1) is 20.0. The molecule has 9 heteroatoms. The molecule has 0 fully saturated rings. The number of hydrogen-bond donors (Lipinski definition) is 2. The van der Waals surface area contributed by atoms with Crippen LogP contribution in [0.3, 0.4) is 0 Å². The van der Waals surface area contributed by atoms with E-state index in [4.69, 9.17) is 4.42 Å². The van der Waals surface area contributed by atoms with Gasteiger partial charge in [0.25, 0.3) is 0 Å². The fourth-order valence-electron chi connectivity index (χ4n) is 2.11. The molecular weight excluding hydrogens is 351 g/mol. The van der Waals surface area contributed by atoms with Crippen LogP contribution in [0.25, 0.3) is 11.1 Å². The SMILES string of the molecule is C[C@@H](COCC(F)(F)F)NC(=O)Nc1ccc2oc(C(C)(C)C)nc2c1. The summed E-state index contributed by atoms with van der Waals surface area (Å²) in [5.41, 5.74) is 1.46. The Morgan fingerprint density at radius 2 is 2.00 bits per heavy atom. The van der Waals surface area contributed by atoms with Crippen molar-refractivity contribution < 1.29 is 27.1 Å². The highest BCUT2D eigenvalue weighted by Gasteiger charge is 2.27. The molecule has 1 heterocycles. The Morgan fingerprint density at radius 1 is 1.31 bits per heavy atom. The van der Waals surface area contributed by atoms with Crippen molar-refractivity contribution in [1.29, 1.82) is 0 Å². The number of urea groups is 1. The van der Waals surface area contributed by atoms with Gasteiger partial charge in [-0.1, -0.05) is 20.8 Å². The summed E-state index contributed by atoms with van der Waals surface area (Å²) in [6.45, 7) is 5.89. The molecule has 1 aromatic carbocycles. The molecular formula is C17H22F3N3O3. The largest absolute Gasteiger partial charge is 0.440 e. The molecule has 0 unspecified atom stereocenters. The van der Waals surface area contributed by atoms with E-state index in [1.807, 2.05) is 20.8 Å². The van der Waals surface area contributed by atoms with Crippen molar-refractivity contribution in [3.63, 3.8) is 0 Å². The molecule has 144 valence electrons. The molecule has 2 amide bonds. The zero-order chi connectivity index (χ0) is 19.5. The van der Waals surface area contributed by atoms with Gasteiger partial charge in [-0.3, -0.25) is 0 Å². The van der Waals surface area contributed by atoms with E-state index >= 15 is 0 Å². The molecule has 2 N–H and O–H groups in total. The highest BCUT2D eigenvalue weighted by Crippen LogP contribution is 2.27. The van der Waals surface area contributed by atoms with Crippen LogP contribution in [0.5, 0.6) is 0 Å². The molecule has 0 aliphatic heterocycles. The smallest absolute Gasteiger partial charge is 0.411 e. The Labute approximate surface area is 149 Å². The Bertz CT molecular complexity index is 766. The Morgan fingerprint density at radius 3 is 2.62 bits per heavy atom. The molecule has 2 rings (SSSR count). The summed E-state index contributed by atoms with van der Waals surface area (Å²) >= 11 is 0. The molecule has 0 saturated carbocycles. The zero-order valence-electron chi connectivity index (χ0n) is 15.0. The lowest BCUT2D eigenvalue weighted by atomic mass is 9.97. The number of anilines is 1. The average Bonchev–Trinajstić information content (AvgIpc) is 2.88. The first-order chi connectivity index (χ1) is 11.9. The van der Waals surface area contributed by atoms with Gasteiger partial charge in [-0.25, -0.2) is 9.78 Å². The van der Waals surface area contributed by atoms with E-state index in [9.17, 15) is 18.0 Å². The highest BCUT2D eigenvalue weighted by atomic mass is 19.4. The van der Waals surface area contributed by atoms with E-state index in [1.165, 1.54) is 0 Å². The third-order valence-corrected chi connectivity index (χ3v) is 3.30. The average molecular weight is 373 g/mol. The topological polar surface area (TPSA) is 76.4 Å². The fourth-order valence-corrected chi connectivity index (χ4v) is 2.11. The summed E-state index contributed by atoms with van der Waals surface area (Å²) in [4.78, 5) is 16.4. The third kappa shape index (κ3) is 5.91. The number of carbonyl (C=O) groups is 1. The lowest BCUT2D eigenvalue weighted by molar-refractivity contribution is -0.174. The summed E-state index contributed by atoms with van der Waals surface area (Å²) in [5, 5.41) is 5.12. The molecule has 0 aliphatic carbocycles. The fraction of sp³-hybridized carbons (Fsp3) is 0.529. The maximum Gasteiger partial charge on any atom is 0.411 e. The van der Waals surface area contributed by atoms with Crippen molar-refractivity contribution in [2.24, 2.45) is 0 Å². The quantitative estimate of drug-likeness (QED) is 0.823. The second kappa shape index (κ2) is 7.53. The van der Waals surface area contributed by atoms with Crippen LogP contribution in [0.1, 0.15) is 33.6 Å². The number of ether oxygens (including phenoxy) is 1. The van der Waals surface area contributed by atoms with Crippen LogP contribution < -0.4 is 10.6 Å². The number of hydrogen-bond acceptors (Lipinski definition) is 4. The minimum Gasteiger partial charge on any atom is -0.440 e. The standard InChI is InChI=1S/C17H22F3N3O3/c1-10(8-25-9-17(18,19)20)21-15(24)22-11-5-6-13-12(7-11)23-14(26-13)16(2,3)4/h5-7,10H,8-9H2,1-4H3,(H2,21,22,24)/t10-/m0/s1. The maximum absolute atomic E-state index is 12.0. The Hall–Kier alpha value is -2.29. The van der Waals surface area contributed by atoms with Crippen LogP contribution in [0, 0.1) is 0 Å². The van der Waals surface area contributed by atoms with Crippen molar-refractivity contribution in [3.8, 4) is 0 Å². The van der Waals surface area contributed by atoms with Crippen molar-refractivity contribution in [3.05, 3.63) is 24.1 Å². The molecule has 6 nitrogen and oxygen atoms in total. The predicted octanol–water partition coefficient (Wildman–Crippen LogP) is 4.21. The van der Waals surface area contributed by atoms with Crippen LogP contribution in [-0.2, 0) is 10.2 Å². The monoisotopic (exact) mass is 373 g/mol. The van der Waals surface area contributed by atoms with Gasteiger partial charge in [-0.15, -0.1) is 0 Å². The van der Waals surface area contributed by atoms with Gasteiger partial charge < -0.3 is 19.8 Å². The minimum absolute atomic E-state index is 0.240. The molecule has 0 aliphatic rings. The third-order valence-electron chi connectivity index (χ3n) is 3.30. The summed E-state index contributed by atoms with van der Waals surface area (Å²) < 4.78 is 46.3. The van der Waals surface area contributed by atoms with Gasteiger partial charge in [-0.2, -0.15) is 13.2 Å². The summed E-state index contributed by atoms with van der Waals surface area (Å²) in [7, 11) is 0. The van der Waals surface area contributed by atoms with E-state index in [2.05, 4.69) is 20.4 Å². The van der Waals surface area contributed by atoms with Crippen molar-refractivity contribution in [2.45, 2.75) is 45.3 Å². The number of oxazole rings is 1. The second-order valence-corrected chi connectivity index (χ2v) is 7.08. The minimum atomic E-state index is -4.39. The van der Waals surface area contributed by atoms with Gasteiger partial charge in [0.05, 0.1) is 12.6 Å². The predicted molar refractivity (Wildman–Crippen MR) is 91.2 cm³/mol. The summed E-state index contributed by atoms with van der Waals surface area (Å²) in [5.74, 6) is 0.588. The number of rotatable bonds is 5. The Balaban J connectivity index is 1.92. The van der Waals surface area contributed by atoms with Crippen LogP contribution in [-0.4, -0.2) is 36.4 Å². The zero-order valence-corrected chi connectivity index (χ0v) is 15.0. The highest BCUT2D eigenvalue weighted by molar-refractivity contribution is 5.91. The first-order valence-electron chi connectivity index (χ1n) is 8.07. The molecule has 1 aromatic heterocycles. The molecule has 0 spiro atoms. The van der Waals surface area contributed by atoms with Gasteiger partial charge in [-0.05, 0) is 25.1 Å². The number of alkyl halides is 3. The van der Waals surface area contributed by atoms with E-state index in [1.54, 1.807) is 25.1 Å². The Kier molecular flexibility index (Phi) is 5.80. The summed E-state index contributed by atoms with van der Waals surface area (Å²) in [6.07, 6.45) is -4.39. The van der Waals surface area contributed by atoms with Crippen LogP contribution in [0.15, 0.2) is 22.6 Å². The number of amides is 2. The summed E-state index contributed by atoms with van der Waals surface area (Å²) in [6, 6.07) is 3.89. The molecule has 0 radical (unpaired) electrons. The van der Waals surface area contributed by atoms with E-state index in [-0.39, 0.29) is 12.0 Å². The number of fused-ring (bicyclic) bond motifs is 1. The number of nitrogens with one attached hydrogen (secondary N) is 2. The maximum atomic E-state index is 12.0. The second-order valence-electron chi connectivity index (χ2n) is 7.08. The van der Waals surface area contributed by atoms with Gasteiger partial charge in [0.2, 0.25) is 5.89 Å². The van der Waals surface area contributed by atoms with E-state index in [0.29, 0.717) is 22.7 Å². The van der Waals surface area contributed by atoms with Crippen molar-refractivity contribution in [1.82, 2.24) is 10.3 Å². The van der Waals surface area contributed by atoms with E-state index in [0.717, 1.165) is 0 Å². The number of halogens is 3.